The molecular weight excluding hydrogens is 362 g/mol. The molecule has 2 fully saturated rings. The molecule has 6 heteroatoms. The zero-order valence-corrected chi connectivity index (χ0v) is 16.8. The van der Waals surface area contributed by atoms with Crippen LogP contribution in [0.15, 0.2) is 42.6 Å². The Kier molecular flexibility index (Phi) is 6.06. The molecule has 150 valence electrons. The van der Waals surface area contributed by atoms with Crippen LogP contribution in [0.2, 0.25) is 0 Å². The molecule has 0 saturated carbocycles. The van der Waals surface area contributed by atoms with E-state index in [0.29, 0.717) is 5.56 Å². The molecule has 0 atom stereocenters. The minimum atomic E-state index is 0.0974. The standard InChI is InChI=1S/C23H27N5O/c24-17-19-6-8-20(9-7-19)18-26-11-4-14-28(16-15-26)23(29)21-5-3-10-25-22(21)27-12-1-2-13-27/h3,5-10H,1-2,4,11-16,18H2. The molecular formula is C23H27N5O. The highest BCUT2D eigenvalue weighted by atomic mass is 16.2. The monoisotopic (exact) mass is 389 g/mol. The first-order valence-corrected chi connectivity index (χ1v) is 10.5. The maximum Gasteiger partial charge on any atom is 0.257 e. The van der Waals surface area contributed by atoms with Gasteiger partial charge >= 0.3 is 0 Å². The van der Waals surface area contributed by atoms with Gasteiger partial charge in [-0.2, -0.15) is 5.26 Å². The number of aromatic nitrogens is 1. The number of rotatable bonds is 4. The van der Waals surface area contributed by atoms with Crippen LogP contribution in [0.1, 0.15) is 40.7 Å². The molecule has 6 nitrogen and oxygen atoms in total. The van der Waals surface area contributed by atoms with E-state index in [2.05, 4.69) is 20.9 Å². The fourth-order valence-corrected chi connectivity index (χ4v) is 4.19. The maximum absolute atomic E-state index is 13.3. The van der Waals surface area contributed by atoms with E-state index in [9.17, 15) is 4.79 Å². The van der Waals surface area contributed by atoms with Crippen molar-refractivity contribution >= 4 is 11.7 Å². The summed E-state index contributed by atoms with van der Waals surface area (Å²) in [6.45, 7) is 6.13. The largest absolute Gasteiger partial charge is 0.356 e. The lowest BCUT2D eigenvalue weighted by molar-refractivity contribution is 0.0761. The first-order chi connectivity index (χ1) is 14.2. The first-order valence-electron chi connectivity index (χ1n) is 10.5. The van der Waals surface area contributed by atoms with Crippen molar-refractivity contribution in [3.05, 3.63) is 59.3 Å². The third kappa shape index (κ3) is 4.57. The molecule has 2 saturated heterocycles. The van der Waals surface area contributed by atoms with Crippen molar-refractivity contribution < 1.29 is 4.79 Å². The normalized spacial score (nSPS) is 17.8. The highest BCUT2D eigenvalue weighted by molar-refractivity contribution is 5.99. The van der Waals surface area contributed by atoms with Gasteiger partial charge in [0, 0.05) is 52.0 Å². The number of amides is 1. The Morgan fingerprint density at radius 3 is 2.52 bits per heavy atom. The summed E-state index contributed by atoms with van der Waals surface area (Å²) in [6, 6.07) is 13.7. The number of nitriles is 1. The van der Waals surface area contributed by atoms with Crippen LogP contribution < -0.4 is 4.90 Å². The Labute approximate surface area is 172 Å². The number of hydrogen-bond donors (Lipinski definition) is 0. The van der Waals surface area contributed by atoms with Crippen LogP contribution in [0.3, 0.4) is 0 Å². The molecule has 0 aliphatic carbocycles. The summed E-state index contributed by atoms with van der Waals surface area (Å²) in [5, 5.41) is 8.95. The molecule has 2 aliphatic heterocycles. The van der Waals surface area contributed by atoms with Gasteiger partial charge < -0.3 is 9.80 Å². The van der Waals surface area contributed by atoms with E-state index in [1.54, 1.807) is 6.20 Å². The summed E-state index contributed by atoms with van der Waals surface area (Å²) in [5.74, 6) is 0.939. The van der Waals surface area contributed by atoms with Crippen molar-refractivity contribution in [1.29, 1.82) is 5.26 Å². The summed E-state index contributed by atoms with van der Waals surface area (Å²) < 4.78 is 0. The molecule has 0 bridgehead atoms. The van der Waals surface area contributed by atoms with Gasteiger partial charge in [-0.3, -0.25) is 9.69 Å². The van der Waals surface area contributed by atoms with Crippen molar-refractivity contribution in [3.63, 3.8) is 0 Å². The SMILES string of the molecule is N#Cc1ccc(CN2CCCN(C(=O)c3cccnc3N3CCCC3)CC2)cc1. The van der Waals surface area contributed by atoms with Gasteiger partial charge in [0.2, 0.25) is 0 Å². The number of pyridine rings is 1. The molecule has 0 spiro atoms. The second kappa shape index (κ2) is 9.06. The molecule has 0 N–H and O–H groups in total. The van der Waals surface area contributed by atoms with Crippen molar-refractivity contribution in [2.45, 2.75) is 25.8 Å². The molecule has 4 rings (SSSR count). The van der Waals surface area contributed by atoms with E-state index in [4.69, 9.17) is 5.26 Å². The van der Waals surface area contributed by atoms with Crippen LogP contribution >= 0.6 is 0 Å². The average Bonchev–Trinajstić information content (AvgIpc) is 3.21. The van der Waals surface area contributed by atoms with Crippen LogP contribution in [0.5, 0.6) is 0 Å². The summed E-state index contributed by atoms with van der Waals surface area (Å²) in [6.07, 6.45) is 5.07. The van der Waals surface area contributed by atoms with Crippen LogP contribution in [0.25, 0.3) is 0 Å². The van der Waals surface area contributed by atoms with Crippen molar-refractivity contribution in [2.24, 2.45) is 0 Å². The summed E-state index contributed by atoms with van der Waals surface area (Å²) in [7, 11) is 0. The Balaban J connectivity index is 1.40. The van der Waals surface area contributed by atoms with Gasteiger partial charge in [-0.05, 0) is 49.1 Å². The summed E-state index contributed by atoms with van der Waals surface area (Å²) in [5.41, 5.74) is 2.62. The van der Waals surface area contributed by atoms with Crippen molar-refractivity contribution in [1.82, 2.24) is 14.8 Å². The zero-order chi connectivity index (χ0) is 20.1. The topological polar surface area (TPSA) is 63.5 Å². The lowest BCUT2D eigenvalue weighted by atomic mass is 10.1. The van der Waals surface area contributed by atoms with E-state index in [0.717, 1.165) is 76.5 Å². The number of carbonyl (C=O) groups is 1. The second-order valence-corrected chi connectivity index (χ2v) is 7.80. The predicted molar refractivity (Wildman–Crippen MR) is 113 cm³/mol. The Morgan fingerprint density at radius 2 is 1.76 bits per heavy atom. The first kappa shape index (κ1) is 19.4. The molecule has 0 radical (unpaired) electrons. The van der Waals surface area contributed by atoms with E-state index in [-0.39, 0.29) is 5.91 Å². The van der Waals surface area contributed by atoms with Crippen LogP contribution in [-0.2, 0) is 6.54 Å². The Morgan fingerprint density at radius 1 is 0.966 bits per heavy atom. The molecule has 1 amide bonds. The minimum Gasteiger partial charge on any atom is -0.356 e. The average molecular weight is 390 g/mol. The Bertz CT molecular complexity index is 883. The quantitative estimate of drug-likeness (QED) is 0.805. The number of hydrogen-bond acceptors (Lipinski definition) is 5. The van der Waals surface area contributed by atoms with Gasteiger partial charge in [0.1, 0.15) is 5.82 Å². The maximum atomic E-state index is 13.3. The number of anilines is 1. The molecule has 0 unspecified atom stereocenters. The van der Waals surface area contributed by atoms with Gasteiger partial charge in [-0.1, -0.05) is 12.1 Å². The van der Waals surface area contributed by atoms with Crippen LogP contribution in [0, 0.1) is 11.3 Å². The van der Waals surface area contributed by atoms with Gasteiger partial charge in [0.05, 0.1) is 17.2 Å². The highest BCUT2D eigenvalue weighted by Gasteiger charge is 2.25. The Hall–Kier alpha value is -2.91. The zero-order valence-electron chi connectivity index (χ0n) is 16.8. The fraction of sp³-hybridized carbons (Fsp3) is 0.435. The summed E-state index contributed by atoms with van der Waals surface area (Å²) in [4.78, 5) is 24.4. The highest BCUT2D eigenvalue weighted by Crippen LogP contribution is 2.23. The van der Waals surface area contributed by atoms with Crippen molar-refractivity contribution in [3.8, 4) is 6.07 Å². The second-order valence-electron chi connectivity index (χ2n) is 7.80. The number of carbonyl (C=O) groups excluding carboxylic acids is 1. The smallest absolute Gasteiger partial charge is 0.257 e. The molecule has 2 aromatic rings. The van der Waals surface area contributed by atoms with E-state index in [1.807, 2.05) is 41.3 Å². The molecule has 1 aromatic heterocycles. The lowest BCUT2D eigenvalue weighted by Crippen LogP contribution is -2.36. The van der Waals surface area contributed by atoms with Crippen LogP contribution in [-0.4, -0.2) is 60.0 Å². The van der Waals surface area contributed by atoms with Gasteiger partial charge in [-0.15, -0.1) is 0 Å². The van der Waals surface area contributed by atoms with Gasteiger partial charge in [0.15, 0.2) is 0 Å². The van der Waals surface area contributed by atoms with Gasteiger partial charge in [-0.25, -0.2) is 4.98 Å². The van der Waals surface area contributed by atoms with E-state index >= 15 is 0 Å². The number of nitrogens with zero attached hydrogens (tertiary/aromatic N) is 5. The molecule has 1 aromatic carbocycles. The van der Waals surface area contributed by atoms with Crippen molar-refractivity contribution in [2.75, 3.05) is 44.2 Å². The van der Waals surface area contributed by atoms with E-state index < -0.39 is 0 Å². The van der Waals surface area contributed by atoms with Crippen LogP contribution in [0.4, 0.5) is 5.82 Å². The van der Waals surface area contributed by atoms with Gasteiger partial charge in [0.25, 0.3) is 5.91 Å². The molecule has 2 aliphatic rings. The fourth-order valence-electron chi connectivity index (χ4n) is 4.19. The number of benzene rings is 1. The third-order valence-corrected chi connectivity index (χ3v) is 5.79. The van der Waals surface area contributed by atoms with E-state index in [1.165, 1.54) is 5.56 Å². The molecule has 29 heavy (non-hydrogen) atoms. The molecule has 3 heterocycles. The predicted octanol–water partition coefficient (Wildman–Crippen LogP) is 2.90. The summed E-state index contributed by atoms with van der Waals surface area (Å²) >= 11 is 0. The minimum absolute atomic E-state index is 0.0974. The third-order valence-electron chi connectivity index (χ3n) is 5.79. The lowest BCUT2D eigenvalue weighted by Gasteiger charge is -2.25.